The Balaban J connectivity index is 1.78. The van der Waals surface area contributed by atoms with Crippen molar-refractivity contribution in [2.45, 2.75) is 38.0 Å². The number of hydrogen-bond acceptors (Lipinski definition) is 3. The number of amides is 1. The first-order chi connectivity index (χ1) is 10.7. The first kappa shape index (κ1) is 17.4. The molecule has 1 aromatic rings. The van der Waals surface area contributed by atoms with E-state index in [0.29, 0.717) is 18.2 Å². The van der Waals surface area contributed by atoms with E-state index in [1.807, 2.05) is 16.7 Å². The van der Waals surface area contributed by atoms with Crippen LogP contribution in [0.25, 0.3) is 0 Å². The standard InChI is InChI=1S/C18H28N2OS/c1-3-12-22-17-6-4-16(5-7-17)13-15(2)14-18(21)20-10-8-19-9-11-20/h4-7,15,19H,3,8-14H2,1-2H3. The third kappa shape index (κ3) is 5.65. The van der Waals surface area contributed by atoms with Crippen molar-refractivity contribution in [1.29, 1.82) is 0 Å². The van der Waals surface area contributed by atoms with Gasteiger partial charge in [0.05, 0.1) is 0 Å². The molecule has 3 nitrogen and oxygen atoms in total. The molecular weight excluding hydrogens is 292 g/mol. The molecule has 0 aliphatic carbocycles. The van der Waals surface area contributed by atoms with Crippen molar-refractivity contribution in [2.75, 3.05) is 31.9 Å². The maximum absolute atomic E-state index is 12.3. The van der Waals surface area contributed by atoms with Crippen molar-refractivity contribution in [1.82, 2.24) is 10.2 Å². The Kier molecular flexibility index (Phi) is 7.26. The third-order valence-corrected chi connectivity index (χ3v) is 5.19. The highest BCUT2D eigenvalue weighted by Crippen LogP contribution is 2.21. The zero-order valence-corrected chi connectivity index (χ0v) is 14.6. The first-order valence-corrected chi connectivity index (χ1v) is 9.38. The minimum Gasteiger partial charge on any atom is -0.340 e. The van der Waals surface area contributed by atoms with E-state index in [0.717, 1.165) is 32.6 Å². The predicted octanol–water partition coefficient (Wildman–Crippen LogP) is 3.19. The van der Waals surface area contributed by atoms with Gasteiger partial charge in [0.1, 0.15) is 0 Å². The predicted molar refractivity (Wildman–Crippen MR) is 94.4 cm³/mol. The zero-order chi connectivity index (χ0) is 15.8. The molecule has 1 aliphatic heterocycles. The van der Waals surface area contributed by atoms with E-state index in [9.17, 15) is 4.79 Å². The number of carbonyl (C=O) groups excluding carboxylic acids is 1. The molecule has 1 heterocycles. The van der Waals surface area contributed by atoms with Crippen LogP contribution in [0.15, 0.2) is 29.2 Å². The van der Waals surface area contributed by atoms with E-state index in [2.05, 4.69) is 43.4 Å². The van der Waals surface area contributed by atoms with Gasteiger partial charge in [-0.1, -0.05) is 26.0 Å². The molecule has 0 radical (unpaired) electrons. The number of piperazine rings is 1. The topological polar surface area (TPSA) is 32.3 Å². The lowest BCUT2D eigenvalue weighted by molar-refractivity contribution is -0.132. The normalized spacial score (nSPS) is 16.5. The number of thioether (sulfide) groups is 1. The van der Waals surface area contributed by atoms with E-state index in [-0.39, 0.29) is 0 Å². The highest BCUT2D eigenvalue weighted by molar-refractivity contribution is 7.99. The number of hydrogen-bond donors (Lipinski definition) is 1. The average molecular weight is 321 g/mol. The average Bonchev–Trinajstić information content (AvgIpc) is 2.55. The van der Waals surface area contributed by atoms with Crippen LogP contribution in [0, 0.1) is 5.92 Å². The number of nitrogens with zero attached hydrogens (tertiary/aromatic N) is 1. The van der Waals surface area contributed by atoms with Crippen molar-refractivity contribution >= 4 is 17.7 Å². The molecule has 1 aromatic carbocycles. The molecule has 0 saturated carbocycles. The molecule has 4 heteroatoms. The molecule has 1 saturated heterocycles. The highest BCUT2D eigenvalue weighted by Gasteiger charge is 2.18. The van der Waals surface area contributed by atoms with E-state index in [1.54, 1.807) is 0 Å². The van der Waals surface area contributed by atoms with Crippen LogP contribution in [0.4, 0.5) is 0 Å². The van der Waals surface area contributed by atoms with Crippen molar-refractivity contribution in [3.05, 3.63) is 29.8 Å². The summed E-state index contributed by atoms with van der Waals surface area (Å²) in [7, 11) is 0. The first-order valence-electron chi connectivity index (χ1n) is 8.39. The Morgan fingerprint density at radius 2 is 1.95 bits per heavy atom. The summed E-state index contributed by atoms with van der Waals surface area (Å²) in [4.78, 5) is 15.6. The van der Waals surface area contributed by atoms with Crippen molar-refractivity contribution in [2.24, 2.45) is 5.92 Å². The molecule has 1 fully saturated rings. The summed E-state index contributed by atoms with van der Waals surface area (Å²) in [6.45, 7) is 7.95. The molecule has 122 valence electrons. The van der Waals surface area contributed by atoms with E-state index >= 15 is 0 Å². The maximum atomic E-state index is 12.3. The van der Waals surface area contributed by atoms with Gasteiger partial charge in [-0.3, -0.25) is 4.79 Å². The van der Waals surface area contributed by atoms with Crippen LogP contribution in [0.3, 0.4) is 0 Å². The molecule has 0 spiro atoms. The minimum absolute atomic E-state index is 0.309. The van der Waals surface area contributed by atoms with Gasteiger partial charge in [-0.25, -0.2) is 0 Å². The maximum Gasteiger partial charge on any atom is 0.222 e. The van der Waals surface area contributed by atoms with Crippen LogP contribution in [-0.2, 0) is 11.2 Å². The summed E-state index contributed by atoms with van der Waals surface area (Å²) in [6, 6.07) is 8.84. The molecular formula is C18H28N2OS. The SMILES string of the molecule is CCCSc1ccc(CC(C)CC(=O)N2CCNCC2)cc1. The lowest BCUT2D eigenvalue weighted by Crippen LogP contribution is -2.46. The molecule has 0 aromatic heterocycles. The summed E-state index contributed by atoms with van der Waals surface area (Å²) in [5.74, 6) is 1.88. The Morgan fingerprint density at radius 3 is 2.59 bits per heavy atom. The van der Waals surface area contributed by atoms with Crippen LogP contribution in [-0.4, -0.2) is 42.7 Å². The highest BCUT2D eigenvalue weighted by atomic mass is 32.2. The molecule has 1 aliphatic rings. The summed E-state index contributed by atoms with van der Waals surface area (Å²) < 4.78 is 0. The van der Waals surface area contributed by atoms with Gasteiger partial charge in [-0.2, -0.15) is 0 Å². The second kappa shape index (κ2) is 9.21. The van der Waals surface area contributed by atoms with E-state index < -0.39 is 0 Å². The van der Waals surface area contributed by atoms with Gasteiger partial charge >= 0.3 is 0 Å². The molecule has 1 atom stereocenters. The zero-order valence-electron chi connectivity index (χ0n) is 13.8. The van der Waals surface area contributed by atoms with Crippen molar-refractivity contribution in [3.63, 3.8) is 0 Å². The van der Waals surface area contributed by atoms with Crippen molar-refractivity contribution < 1.29 is 4.79 Å². The number of nitrogens with one attached hydrogen (secondary N) is 1. The van der Waals surface area contributed by atoms with Crippen LogP contribution in [0.5, 0.6) is 0 Å². The lowest BCUT2D eigenvalue weighted by Gasteiger charge is -2.28. The second-order valence-electron chi connectivity index (χ2n) is 6.14. The minimum atomic E-state index is 0.309. The van der Waals surface area contributed by atoms with Gasteiger partial charge in [-0.05, 0) is 42.2 Å². The van der Waals surface area contributed by atoms with Gasteiger partial charge in [0.25, 0.3) is 0 Å². The monoisotopic (exact) mass is 320 g/mol. The Labute approximate surface area is 138 Å². The van der Waals surface area contributed by atoms with Crippen LogP contribution >= 0.6 is 11.8 Å². The quantitative estimate of drug-likeness (QED) is 0.783. The largest absolute Gasteiger partial charge is 0.340 e. The summed E-state index contributed by atoms with van der Waals surface area (Å²) >= 11 is 1.91. The third-order valence-electron chi connectivity index (χ3n) is 3.97. The van der Waals surface area contributed by atoms with Gasteiger partial charge < -0.3 is 10.2 Å². The lowest BCUT2D eigenvalue weighted by atomic mass is 9.97. The fourth-order valence-corrected chi connectivity index (χ4v) is 3.53. The van der Waals surface area contributed by atoms with Gasteiger partial charge in [-0.15, -0.1) is 11.8 Å². The summed E-state index contributed by atoms with van der Waals surface area (Å²) in [5, 5.41) is 3.29. The van der Waals surface area contributed by atoms with Crippen molar-refractivity contribution in [3.8, 4) is 0 Å². The molecule has 1 N–H and O–H groups in total. The van der Waals surface area contributed by atoms with E-state index in [4.69, 9.17) is 0 Å². The Hall–Kier alpha value is -1.00. The summed E-state index contributed by atoms with van der Waals surface area (Å²) in [6.07, 6.45) is 2.85. The molecule has 1 amide bonds. The number of benzene rings is 1. The van der Waals surface area contributed by atoms with Gasteiger partial charge in [0.15, 0.2) is 0 Å². The Bertz CT molecular complexity index is 455. The number of rotatable bonds is 7. The summed E-state index contributed by atoms with van der Waals surface area (Å²) in [5.41, 5.74) is 1.33. The fourth-order valence-electron chi connectivity index (χ4n) is 2.76. The molecule has 22 heavy (non-hydrogen) atoms. The number of carbonyl (C=O) groups is 1. The van der Waals surface area contributed by atoms with Crippen LogP contribution < -0.4 is 5.32 Å². The van der Waals surface area contributed by atoms with Gasteiger partial charge in [0, 0.05) is 37.5 Å². The van der Waals surface area contributed by atoms with Crippen LogP contribution in [0.2, 0.25) is 0 Å². The second-order valence-corrected chi connectivity index (χ2v) is 7.30. The molecule has 2 rings (SSSR count). The van der Waals surface area contributed by atoms with E-state index in [1.165, 1.54) is 22.6 Å². The Morgan fingerprint density at radius 1 is 1.27 bits per heavy atom. The molecule has 1 unspecified atom stereocenters. The van der Waals surface area contributed by atoms with Crippen LogP contribution in [0.1, 0.15) is 32.3 Å². The molecule has 0 bridgehead atoms. The fraction of sp³-hybridized carbons (Fsp3) is 0.611. The van der Waals surface area contributed by atoms with Gasteiger partial charge in [0.2, 0.25) is 5.91 Å². The smallest absolute Gasteiger partial charge is 0.222 e.